The first kappa shape index (κ1) is 23.9. The average Bonchev–Trinajstić information content (AvgIpc) is 2.80. The highest BCUT2D eigenvalue weighted by molar-refractivity contribution is 7.92. The van der Waals surface area contributed by atoms with Crippen molar-refractivity contribution in [2.45, 2.75) is 18.7 Å². The van der Waals surface area contributed by atoms with Crippen LogP contribution < -0.4 is 24.2 Å². The number of sulfonamides is 1. The molecule has 0 radical (unpaired) electrons. The molecule has 0 aromatic heterocycles. The Bertz CT molecular complexity index is 1210. The Morgan fingerprint density at radius 2 is 1.61 bits per heavy atom. The number of aryl methyl sites for hydroxylation is 1. The maximum atomic E-state index is 13.0. The largest absolute Gasteiger partial charge is 0.495 e. The van der Waals surface area contributed by atoms with Crippen LogP contribution in [0.3, 0.4) is 0 Å². The predicted molar refractivity (Wildman–Crippen MR) is 127 cm³/mol. The van der Waals surface area contributed by atoms with Crippen molar-refractivity contribution in [2.75, 3.05) is 30.4 Å². The number of rotatable bonds is 10. The Balaban J connectivity index is 1.74. The van der Waals surface area contributed by atoms with Crippen molar-refractivity contribution in [3.8, 4) is 17.2 Å². The summed E-state index contributed by atoms with van der Waals surface area (Å²) in [5, 5.41) is 2.65. The highest BCUT2D eigenvalue weighted by Gasteiger charge is 2.21. The van der Waals surface area contributed by atoms with Crippen molar-refractivity contribution in [1.82, 2.24) is 0 Å². The quantitative estimate of drug-likeness (QED) is 0.460. The molecule has 2 N–H and O–H groups in total. The molecule has 0 spiro atoms. The van der Waals surface area contributed by atoms with E-state index in [1.54, 1.807) is 36.4 Å². The molecule has 8 nitrogen and oxygen atoms in total. The second-order valence-corrected chi connectivity index (χ2v) is 8.68. The van der Waals surface area contributed by atoms with Gasteiger partial charge >= 0.3 is 0 Å². The molecule has 3 aromatic carbocycles. The number of amides is 1. The summed E-state index contributed by atoms with van der Waals surface area (Å²) in [7, 11) is -2.62. The molecule has 33 heavy (non-hydrogen) atoms. The van der Waals surface area contributed by atoms with Crippen LogP contribution in [-0.2, 0) is 14.8 Å². The van der Waals surface area contributed by atoms with E-state index in [1.165, 1.54) is 19.2 Å². The summed E-state index contributed by atoms with van der Waals surface area (Å²) >= 11 is 0. The van der Waals surface area contributed by atoms with Crippen molar-refractivity contribution in [3.63, 3.8) is 0 Å². The maximum absolute atomic E-state index is 13.0. The Labute approximate surface area is 193 Å². The summed E-state index contributed by atoms with van der Waals surface area (Å²) in [5.41, 5.74) is 1.56. The first-order valence-electron chi connectivity index (χ1n) is 10.2. The SMILES string of the molecule is CCOc1ccc(NS(=O)(=O)c2cc(NC(=O)COc3ccccc3C)ccc2OC)cc1. The number of para-hydroxylation sites is 1. The molecule has 9 heteroatoms. The summed E-state index contributed by atoms with van der Waals surface area (Å²) in [5.74, 6) is 0.953. The number of carbonyl (C=O) groups is 1. The van der Waals surface area contributed by atoms with Gasteiger partial charge < -0.3 is 19.5 Å². The van der Waals surface area contributed by atoms with Crippen molar-refractivity contribution >= 4 is 27.3 Å². The number of nitrogens with one attached hydrogen (secondary N) is 2. The predicted octanol–water partition coefficient (Wildman–Crippen LogP) is 4.22. The Kier molecular flexibility index (Phi) is 7.78. The molecule has 0 saturated heterocycles. The van der Waals surface area contributed by atoms with Crippen LogP contribution in [0.2, 0.25) is 0 Å². The lowest BCUT2D eigenvalue weighted by Crippen LogP contribution is -2.21. The number of methoxy groups -OCH3 is 1. The Hall–Kier alpha value is -3.72. The molecule has 0 fully saturated rings. The molecule has 0 bridgehead atoms. The van der Waals surface area contributed by atoms with Gasteiger partial charge in [0.1, 0.15) is 22.1 Å². The van der Waals surface area contributed by atoms with Crippen LogP contribution >= 0.6 is 0 Å². The second-order valence-electron chi connectivity index (χ2n) is 7.03. The monoisotopic (exact) mass is 470 g/mol. The molecule has 0 heterocycles. The van der Waals surface area contributed by atoms with Crippen molar-refractivity contribution in [3.05, 3.63) is 72.3 Å². The van der Waals surface area contributed by atoms with Crippen LogP contribution in [0.15, 0.2) is 71.6 Å². The molecule has 0 atom stereocenters. The van der Waals surface area contributed by atoms with Gasteiger partial charge in [-0.3, -0.25) is 9.52 Å². The second kappa shape index (κ2) is 10.7. The first-order valence-corrected chi connectivity index (χ1v) is 11.7. The zero-order chi connectivity index (χ0) is 23.8. The van der Waals surface area contributed by atoms with Gasteiger partial charge in [0.2, 0.25) is 0 Å². The molecule has 3 rings (SSSR count). The number of ether oxygens (including phenoxy) is 3. The first-order chi connectivity index (χ1) is 15.8. The fourth-order valence-electron chi connectivity index (χ4n) is 3.02. The fraction of sp³-hybridized carbons (Fsp3) is 0.208. The molecule has 3 aromatic rings. The van der Waals surface area contributed by atoms with Crippen LogP contribution in [0, 0.1) is 6.92 Å². The molecule has 0 aliphatic rings. The van der Waals surface area contributed by atoms with E-state index in [-0.39, 0.29) is 17.3 Å². The smallest absolute Gasteiger partial charge is 0.265 e. The van der Waals surface area contributed by atoms with E-state index in [9.17, 15) is 13.2 Å². The van der Waals surface area contributed by atoms with Gasteiger partial charge in [-0.05, 0) is 67.9 Å². The highest BCUT2D eigenvalue weighted by Crippen LogP contribution is 2.29. The lowest BCUT2D eigenvalue weighted by molar-refractivity contribution is -0.118. The third-order valence-corrected chi connectivity index (χ3v) is 6.01. The highest BCUT2D eigenvalue weighted by atomic mass is 32.2. The van der Waals surface area contributed by atoms with E-state index in [1.807, 2.05) is 32.0 Å². The molecular formula is C24H26N2O6S. The van der Waals surface area contributed by atoms with Crippen LogP contribution in [-0.4, -0.2) is 34.6 Å². The topological polar surface area (TPSA) is 103 Å². The number of anilines is 2. The third-order valence-electron chi connectivity index (χ3n) is 4.61. The molecule has 0 saturated carbocycles. The van der Waals surface area contributed by atoms with Gasteiger partial charge in [-0.25, -0.2) is 8.42 Å². The van der Waals surface area contributed by atoms with Gasteiger partial charge in [0.25, 0.3) is 15.9 Å². The maximum Gasteiger partial charge on any atom is 0.265 e. The Morgan fingerprint density at radius 3 is 2.27 bits per heavy atom. The molecular weight excluding hydrogens is 444 g/mol. The van der Waals surface area contributed by atoms with Crippen LogP contribution in [0.25, 0.3) is 0 Å². The lowest BCUT2D eigenvalue weighted by Gasteiger charge is -2.14. The normalized spacial score (nSPS) is 10.9. The number of benzene rings is 3. The summed E-state index contributed by atoms with van der Waals surface area (Å²) in [6, 6.07) is 18.3. The van der Waals surface area contributed by atoms with Gasteiger partial charge in [-0.15, -0.1) is 0 Å². The standard InChI is InChI=1S/C24H26N2O6S/c1-4-31-20-12-9-18(10-13-20)26-33(28,29)23-15-19(11-14-22(23)30-3)25-24(27)16-32-21-8-6-5-7-17(21)2/h5-15,26H,4,16H2,1-3H3,(H,25,27). The molecule has 1 amide bonds. The Morgan fingerprint density at radius 1 is 0.909 bits per heavy atom. The van der Waals surface area contributed by atoms with Gasteiger partial charge in [0.05, 0.1) is 13.7 Å². The number of hydrogen-bond acceptors (Lipinski definition) is 6. The summed E-state index contributed by atoms with van der Waals surface area (Å²) in [6.07, 6.45) is 0. The van der Waals surface area contributed by atoms with Crippen LogP contribution in [0.5, 0.6) is 17.2 Å². The summed E-state index contributed by atoms with van der Waals surface area (Å²) in [4.78, 5) is 12.2. The van der Waals surface area contributed by atoms with E-state index in [2.05, 4.69) is 10.0 Å². The van der Waals surface area contributed by atoms with Crippen molar-refractivity contribution in [2.24, 2.45) is 0 Å². The van der Waals surface area contributed by atoms with E-state index < -0.39 is 15.9 Å². The van der Waals surface area contributed by atoms with E-state index >= 15 is 0 Å². The van der Waals surface area contributed by atoms with Gasteiger partial charge in [-0.1, -0.05) is 18.2 Å². The average molecular weight is 471 g/mol. The lowest BCUT2D eigenvalue weighted by atomic mass is 10.2. The van der Waals surface area contributed by atoms with Gasteiger partial charge in [0.15, 0.2) is 6.61 Å². The minimum Gasteiger partial charge on any atom is -0.495 e. The van der Waals surface area contributed by atoms with Crippen LogP contribution in [0.1, 0.15) is 12.5 Å². The minimum absolute atomic E-state index is 0.114. The third kappa shape index (κ3) is 6.39. The van der Waals surface area contributed by atoms with Crippen molar-refractivity contribution in [1.29, 1.82) is 0 Å². The molecule has 0 aliphatic carbocycles. The molecule has 174 valence electrons. The van der Waals surface area contributed by atoms with E-state index in [0.29, 0.717) is 29.5 Å². The van der Waals surface area contributed by atoms with Gasteiger partial charge in [-0.2, -0.15) is 0 Å². The fourth-order valence-corrected chi connectivity index (χ4v) is 4.27. The number of carbonyl (C=O) groups excluding carboxylic acids is 1. The summed E-state index contributed by atoms with van der Waals surface area (Å²) < 4.78 is 44.7. The van der Waals surface area contributed by atoms with Crippen molar-refractivity contribution < 1.29 is 27.4 Å². The minimum atomic E-state index is -4.00. The van der Waals surface area contributed by atoms with Crippen LogP contribution in [0.4, 0.5) is 11.4 Å². The molecule has 0 unspecified atom stereocenters. The van der Waals surface area contributed by atoms with E-state index in [0.717, 1.165) is 5.56 Å². The molecule has 0 aliphatic heterocycles. The zero-order valence-electron chi connectivity index (χ0n) is 18.6. The summed E-state index contributed by atoms with van der Waals surface area (Å²) in [6.45, 7) is 4.04. The zero-order valence-corrected chi connectivity index (χ0v) is 19.4. The number of hydrogen-bond donors (Lipinski definition) is 2. The van der Waals surface area contributed by atoms with E-state index in [4.69, 9.17) is 14.2 Å². The van der Waals surface area contributed by atoms with Gasteiger partial charge in [0, 0.05) is 11.4 Å².